The van der Waals surface area contributed by atoms with Crippen LogP contribution in [0.25, 0.3) is 6.08 Å². The van der Waals surface area contributed by atoms with Gasteiger partial charge in [-0.1, -0.05) is 64.1 Å². The molecule has 0 aliphatic carbocycles. The van der Waals surface area contributed by atoms with Crippen molar-refractivity contribution < 1.29 is 19.4 Å². The van der Waals surface area contributed by atoms with Gasteiger partial charge in [-0.25, -0.2) is 0 Å². The maximum Gasteiger partial charge on any atom is 0.308 e. The summed E-state index contributed by atoms with van der Waals surface area (Å²) in [6.07, 6.45) is 3.78. The number of carbonyl (C=O) groups is 2. The summed E-state index contributed by atoms with van der Waals surface area (Å²) in [5, 5.41) is 7.99. The van der Waals surface area contributed by atoms with E-state index in [1.807, 2.05) is 56.3 Å². The van der Waals surface area contributed by atoms with Gasteiger partial charge >= 0.3 is 11.9 Å². The average Bonchev–Trinajstić information content (AvgIpc) is 2.45. The van der Waals surface area contributed by atoms with Crippen LogP contribution in [0.2, 0.25) is 0 Å². The summed E-state index contributed by atoms with van der Waals surface area (Å²) in [5.74, 6) is -1.19. The molecule has 1 aromatic rings. The summed E-state index contributed by atoms with van der Waals surface area (Å²) in [4.78, 5) is 20.8. The van der Waals surface area contributed by atoms with Crippen LogP contribution < -0.4 is 0 Å². The Morgan fingerprint density at radius 2 is 1.62 bits per heavy atom. The van der Waals surface area contributed by atoms with E-state index in [0.717, 1.165) is 5.56 Å². The van der Waals surface area contributed by atoms with Crippen LogP contribution in [0.1, 0.15) is 33.3 Å². The number of aliphatic carboxylic acids is 1. The summed E-state index contributed by atoms with van der Waals surface area (Å²) in [5.41, 5.74) is 1.11. The minimum absolute atomic E-state index is 0.0601. The maximum atomic E-state index is 11.1. The molecule has 0 saturated carbocycles. The number of carboxylic acid groups (broad SMARTS) is 1. The predicted molar refractivity (Wildman–Crippen MR) is 83.7 cm³/mol. The number of hydrogen-bond donors (Lipinski definition) is 1. The second-order valence-electron chi connectivity index (χ2n) is 5.09. The summed E-state index contributed by atoms with van der Waals surface area (Å²) >= 11 is 0. The van der Waals surface area contributed by atoms with Crippen molar-refractivity contribution >= 4 is 18.0 Å². The highest BCUT2D eigenvalue weighted by Gasteiger charge is 2.05. The van der Waals surface area contributed by atoms with E-state index in [-0.39, 0.29) is 17.8 Å². The van der Waals surface area contributed by atoms with Crippen LogP contribution in [-0.2, 0) is 14.3 Å². The van der Waals surface area contributed by atoms with E-state index < -0.39 is 5.97 Å². The molecule has 4 nitrogen and oxygen atoms in total. The van der Waals surface area contributed by atoms with E-state index in [1.165, 1.54) is 0 Å². The van der Waals surface area contributed by atoms with Gasteiger partial charge in [0.25, 0.3) is 0 Å². The smallest absolute Gasteiger partial charge is 0.308 e. The quantitative estimate of drug-likeness (QED) is 0.842. The molecule has 1 aromatic carbocycles. The van der Waals surface area contributed by atoms with Gasteiger partial charge in [0.2, 0.25) is 0 Å². The highest BCUT2D eigenvalue weighted by Crippen LogP contribution is 2.01. The van der Waals surface area contributed by atoms with Crippen LogP contribution >= 0.6 is 0 Å². The first-order chi connectivity index (χ1) is 9.84. The van der Waals surface area contributed by atoms with E-state index in [1.54, 1.807) is 13.8 Å². The molecule has 0 radical (unpaired) electrons. The third-order valence-electron chi connectivity index (χ3n) is 2.40. The van der Waals surface area contributed by atoms with E-state index in [9.17, 15) is 9.59 Å². The van der Waals surface area contributed by atoms with E-state index in [4.69, 9.17) is 9.84 Å². The Labute approximate surface area is 126 Å². The third kappa shape index (κ3) is 10.4. The largest absolute Gasteiger partial charge is 0.481 e. The van der Waals surface area contributed by atoms with Gasteiger partial charge < -0.3 is 9.84 Å². The first-order valence-electron chi connectivity index (χ1n) is 6.95. The van der Waals surface area contributed by atoms with Crippen molar-refractivity contribution in [2.75, 3.05) is 6.61 Å². The Bertz CT molecular complexity index is 447. The standard InChI is InChI=1S/C13H16O2.C4H8O2/c1-11(2)13(14)15-10-6-9-12-7-4-3-5-8-12;1-3(2)4(5)6/h3-9,11H,10H2,1-2H3;3H,1-2H3,(H,5,6). The number of carbonyl (C=O) groups excluding carboxylic acids is 1. The van der Waals surface area contributed by atoms with Gasteiger partial charge in [-0.05, 0) is 11.6 Å². The van der Waals surface area contributed by atoms with Crippen molar-refractivity contribution in [3.05, 3.63) is 42.0 Å². The molecule has 21 heavy (non-hydrogen) atoms. The lowest BCUT2D eigenvalue weighted by molar-refractivity contribution is -0.146. The van der Waals surface area contributed by atoms with Gasteiger partial charge in [0, 0.05) is 0 Å². The molecule has 1 N–H and O–H groups in total. The normalized spacial score (nSPS) is 10.4. The number of ether oxygens (including phenoxy) is 1. The maximum absolute atomic E-state index is 11.1. The fraction of sp³-hybridized carbons (Fsp3) is 0.412. The molecule has 0 fully saturated rings. The van der Waals surface area contributed by atoms with E-state index >= 15 is 0 Å². The van der Waals surface area contributed by atoms with Crippen LogP contribution in [0.15, 0.2) is 36.4 Å². The SMILES string of the molecule is CC(C)C(=O)O.CC(C)C(=O)OCC=Cc1ccccc1. The molecule has 0 saturated heterocycles. The Kier molecular flexibility index (Phi) is 9.59. The molecule has 0 aliphatic rings. The topological polar surface area (TPSA) is 63.6 Å². The van der Waals surface area contributed by atoms with Gasteiger partial charge in [-0.2, -0.15) is 0 Å². The molecular weight excluding hydrogens is 268 g/mol. The van der Waals surface area contributed by atoms with Gasteiger partial charge in [0.15, 0.2) is 0 Å². The highest BCUT2D eigenvalue weighted by atomic mass is 16.5. The van der Waals surface area contributed by atoms with Crippen molar-refractivity contribution in [3.8, 4) is 0 Å². The Hall–Kier alpha value is -2.10. The highest BCUT2D eigenvalue weighted by molar-refractivity contribution is 5.71. The van der Waals surface area contributed by atoms with Crippen LogP contribution in [-0.4, -0.2) is 23.7 Å². The third-order valence-corrected chi connectivity index (χ3v) is 2.40. The second-order valence-corrected chi connectivity index (χ2v) is 5.09. The molecule has 0 spiro atoms. The lowest BCUT2D eigenvalue weighted by atomic mass is 10.2. The van der Waals surface area contributed by atoms with Crippen LogP contribution in [0.5, 0.6) is 0 Å². The summed E-state index contributed by atoms with van der Waals surface area (Å²) in [7, 11) is 0. The van der Waals surface area contributed by atoms with Crippen molar-refractivity contribution in [2.24, 2.45) is 11.8 Å². The van der Waals surface area contributed by atoms with Gasteiger partial charge in [0.05, 0.1) is 11.8 Å². The van der Waals surface area contributed by atoms with Gasteiger partial charge in [-0.3, -0.25) is 9.59 Å². The van der Waals surface area contributed by atoms with Gasteiger partial charge in [0.1, 0.15) is 6.61 Å². The molecule has 0 atom stereocenters. The van der Waals surface area contributed by atoms with Crippen LogP contribution in [0, 0.1) is 11.8 Å². The van der Waals surface area contributed by atoms with Crippen molar-refractivity contribution in [2.45, 2.75) is 27.7 Å². The molecule has 116 valence electrons. The number of carboxylic acids is 1. The number of rotatable bonds is 5. The van der Waals surface area contributed by atoms with Crippen molar-refractivity contribution in [3.63, 3.8) is 0 Å². The first kappa shape index (κ1) is 18.9. The van der Waals surface area contributed by atoms with Crippen molar-refractivity contribution in [1.29, 1.82) is 0 Å². The summed E-state index contributed by atoms with van der Waals surface area (Å²) < 4.78 is 5.00. The van der Waals surface area contributed by atoms with Crippen LogP contribution in [0.3, 0.4) is 0 Å². The molecule has 4 heteroatoms. The zero-order valence-corrected chi connectivity index (χ0v) is 13.1. The molecule has 0 amide bonds. The molecule has 0 unspecified atom stereocenters. The molecule has 0 heterocycles. The number of esters is 1. The molecule has 0 bridgehead atoms. The minimum Gasteiger partial charge on any atom is -0.481 e. The second kappa shape index (κ2) is 10.7. The predicted octanol–water partition coefficient (Wildman–Crippen LogP) is 3.63. The molecule has 0 aromatic heterocycles. The zero-order valence-electron chi connectivity index (χ0n) is 13.1. The van der Waals surface area contributed by atoms with Crippen molar-refractivity contribution in [1.82, 2.24) is 0 Å². The molecular formula is C17H24O4. The number of benzene rings is 1. The summed E-state index contributed by atoms with van der Waals surface area (Å²) in [6.45, 7) is 7.27. The van der Waals surface area contributed by atoms with E-state index in [2.05, 4.69) is 0 Å². The lowest BCUT2D eigenvalue weighted by Crippen LogP contribution is -2.11. The Morgan fingerprint density at radius 3 is 2.05 bits per heavy atom. The van der Waals surface area contributed by atoms with Crippen LogP contribution in [0.4, 0.5) is 0 Å². The fourth-order valence-electron chi connectivity index (χ4n) is 1.05. The molecule has 0 aliphatic heterocycles. The van der Waals surface area contributed by atoms with E-state index in [0.29, 0.717) is 6.61 Å². The Morgan fingerprint density at radius 1 is 1.10 bits per heavy atom. The zero-order chi connectivity index (χ0) is 16.3. The summed E-state index contributed by atoms with van der Waals surface area (Å²) in [6, 6.07) is 9.91. The molecule has 1 rings (SSSR count). The monoisotopic (exact) mass is 292 g/mol. The first-order valence-corrected chi connectivity index (χ1v) is 6.95. The van der Waals surface area contributed by atoms with Gasteiger partial charge in [-0.15, -0.1) is 0 Å². The Balaban J connectivity index is 0.000000567. The fourth-order valence-corrected chi connectivity index (χ4v) is 1.05. The average molecular weight is 292 g/mol. The minimum atomic E-state index is -0.741. The lowest BCUT2D eigenvalue weighted by Gasteiger charge is -2.03. The number of hydrogen-bond acceptors (Lipinski definition) is 3.